The molecule has 0 saturated carbocycles. The Hall–Kier alpha value is -1.33. The Bertz CT molecular complexity index is 643. The second-order valence-electron chi connectivity index (χ2n) is 4.51. The Kier molecular flexibility index (Phi) is 4.50. The second-order valence-corrected chi connectivity index (χ2v) is 5.43. The van der Waals surface area contributed by atoms with Gasteiger partial charge in [-0.15, -0.1) is 0 Å². The molecule has 0 amide bonds. The molecule has 0 aromatic heterocycles. The SMILES string of the molecule is CNC(c1ccc(Br)cc1F)c1cc(C)c(F)cc1F. The van der Waals surface area contributed by atoms with E-state index in [1.54, 1.807) is 26.1 Å². The minimum absolute atomic E-state index is 0.215. The zero-order chi connectivity index (χ0) is 14.9. The molecule has 2 aromatic rings. The number of aryl methyl sites for hydroxylation is 1. The summed E-state index contributed by atoms with van der Waals surface area (Å²) in [4.78, 5) is 0. The number of hydrogen-bond acceptors (Lipinski definition) is 1. The molecule has 0 fully saturated rings. The standard InChI is InChI=1S/C15H13BrF3N/c1-8-5-11(14(19)7-12(8)17)15(20-2)10-4-3-9(16)6-13(10)18/h3-7,15,20H,1-2H3. The molecule has 106 valence electrons. The van der Waals surface area contributed by atoms with E-state index >= 15 is 0 Å². The Labute approximate surface area is 123 Å². The molecule has 0 radical (unpaired) electrons. The molecule has 1 N–H and O–H groups in total. The van der Waals surface area contributed by atoms with Crippen LogP contribution in [-0.2, 0) is 0 Å². The predicted octanol–water partition coefficient (Wildman–Crippen LogP) is 4.48. The Morgan fingerprint density at radius 2 is 1.60 bits per heavy atom. The number of nitrogens with one attached hydrogen (secondary N) is 1. The lowest BCUT2D eigenvalue weighted by atomic mass is 9.96. The summed E-state index contributed by atoms with van der Waals surface area (Å²) in [5, 5.41) is 2.86. The first-order valence-electron chi connectivity index (χ1n) is 6.01. The summed E-state index contributed by atoms with van der Waals surface area (Å²) in [7, 11) is 1.60. The summed E-state index contributed by atoms with van der Waals surface area (Å²) in [5.74, 6) is -1.77. The van der Waals surface area contributed by atoms with Crippen molar-refractivity contribution < 1.29 is 13.2 Å². The lowest BCUT2D eigenvalue weighted by Gasteiger charge is -2.19. The highest BCUT2D eigenvalue weighted by atomic mass is 79.9. The van der Waals surface area contributed by atoms with Gasteiger partial charge in [-0.2, -0.15) is 0 Å². The van der Waals surface area contributed by atoms with Crippen LogP contribution in [0.2, 0.25) is 0 Å². The molecule has 0 heterocycles. The average Bonchev–Trinajstić information content (AvgIpc) is 2.38. The molecule has 0 aliphatic carbocycles. The van der Waals surface area contributed by atoms with Crippen LogP contribution < -0.4 is 5.32 Å². The summed E-state index contributed by atoms with van der Waals surface area (Å²) in [5.41, 5.74) is 0.840. The molecule has 1 unspecified atom stereocenters. The molecule has 2 rings (SSSR count). The number of hydrogen-bond donors (Lipinski definition) is 1. The fourth-order valence-electron chi connectivity index (χ4n) is 2.11. The van der Waals surface area contributed by atoms with Gasteiger partial charge in [-0.3, -0.25) is 0 Å². The van der Waals surface area contributed by atoms with Gasteiger partial charge in [0.05, 0.1) is 6.04 Å². The van der Waals surface area contributed by atoms with Crippen LogP contribution in [0.5, 0.6) is 0 Å². The molecule has 0 saturated heterocycles. The molecule has 0 spiro atoms. The van der Waals surface area contributed by atoms with Crippen LogP contribution in [0.1, 0.15) is 22.7 Å². The topological polar surface area (TPSA) is 12.0 Å². The molecule has 0 aliphatic heterocycles. The van der Waals surface area contributed by atoms with Crippen molar-refractivity contribution in [2.75, 3.05) is 7.05 Å². The van der Waals surface area contributed by atoms with Crippen molar-refractivity contribution in [2.45, 2.75) is 13.0 Å². The van der Waals surface area contributed by atoms with E-state index in [-0.39, 0.29) is 5.56 Å². The van der Waals surface area contributed by atoms with E-state index in [1.165, 1.54) is 12.1 Å². The predicted molar refractivity (Wildman–Crippen MR) is 76.1 cm³/mol. The van der Waals surface area contributed by atoms with Crippen molar-refractivity contribution in [3.05, 3.63) is 68.9 Å². The van der Waals surface area contributed by atoms with Crippen molar-refractivity contribution in [1.29, 1.82) is 0 Å². The van der Waals surface area contributed by atoms with Gasteiger partial charge >= 0.3 is 0 Å². The summed E-state index contributed by atoms with van der Waals surface area (Å²) in [6.07, 6.45) is 0. The van der Waals surface area contributed by atoms with Crippen molar-refractivity contribution in [3.8, 4) is 0 Å². The van der Waals surface area contributed by atoms with Gasteiger partial charge in [-0.05, 0) is 37.7 Å². The Balaban J connectivity index is 2.55. The van der Waals surface area contributed by atoms with Gasteiger partial charge in [-0.25, -0.2) is 13.2 Å². The van der Waals surface area contributed by atoms with Gasteiger partial charge < -0.3 is 5.32 Å². The minimum atomic E-state index is -0.699. The van der Waals surface area contributed by atoms with Crippen molar-refractivity contribution in [1.82, 2.24) is 5.32 Å². The average molecular weight is 344 g/mol. The van der Waals surface area contributed by atoms with Crippen LogP contribution >= 0.6 is 15.9 Å². The van der Waals surface area contributed by atoms with E-state index in [9.17, 15) is 13.2 Å². The van der Waals surface area contributed by atoms with Crippen molar-refractivity contribution >= 4 is 15.9 Å². The zero-order valence-corrected chi connectivity index (χ0v) is 12.6. The summed E-state index contributed by atoms with van der Waals surface area (Å²) < 4.78 is 41.9. The summed E-state index contributed by atoms with van der Waals surface area (Å²) >= 11 is 3.18. The van der Waals surface area contributed by atoms with Gasteiger partial charge in [-0.1, -0.05) is 22.0 Å². The molecule has 1 nitrogen and oxygen atoms in total. The molecular weight excluding hydrogens is 331 g/mol. The van der Waals surface area contributed by atoms with E-state index in [0.29, 0.717) is 15.6 Å². The number of rotatable bonds is 3. The van der Waals surface area contributed by atoms with E-state index in [0.717, 1.165) is 6.07 Å². The fourth-order valence-corrected chi connectivity index (χ4v) is 2.45. The molecule has 0 aliphatic rings. The van der Waals surface area contributed by atoms with Crippen LogP contribution in [0.4, 0.5) is 13.2 Å². The maximum absolute atomic E-state index is 14.0. The molecular formula is C15H13BrF3N. The third-order valence-electron chi connectivity index (χ3n) is 3.15. The number of benzene rings is 2. The molecule has 0 bridgehead atoms. The van der Waals surface area contributed by atoms with Crippen LogP contribution in [0.25, 0.3) is 0 Å². The van der Waals surface area contributed by atoms with Crippen LogP contribution in [0.3, 0.4) is 0 Å². The smallest absolute Gasteiger partial charge is 0.131 e. The van der Waals surface area contributed by atoms with Gasteiger partial charge in [0.15, 0.2) is 0 Å². The second kappa shape index (κ2) is 5.97. The summed E-state index contributed by atoms with van der Waals surface area (Å²) in [6.45, 7) is 1.54. The van der Waals surface area contributed by atoms with Crippen molar-refractivity contribution in [2.24, 2.45) is 0 Å². The minimum Gasteiger partial charge on any atom is -0.309 e. The third-order valence-corrected chi connectivity index (χ3v) is 3.64. The van der Waals surface area contributed by atoms with Gasteiger partial charge in [0, 0.05) is 21.7 Å². The fraction of sp³-hybridized carbons (Fsp3) is 0.200. The van der Waals surface area contributed by atoms with E-state index in [2.05, 4.69) is 21.2 Å². The maximum Gasteiger partial charge on any atom is 0.131 e. The first-order valence-corrected chi connectivity index (χ1v) is 6.81. The summed E-state index contributed by atoms with van der Waals surface area (Å²) in [6, 6.07) is 6.10. The lowest BCUT2D eigenvalue weighted by molar-refractivity contribution is 0.532. The van der Waals surface area contributed by atoms with Crippen molar-refractivity contribution in [3.63, 3.8) is 0 Å². The zero-order valence-electron chi connectivity index (χ0n) is 11.0. The molecule has 5 heteroatoms. The molecule has 2 aromatic carbocycles. The maximum atomic E-state index is 14.0. The van der Waals surface area contributed by atoms with Crippen LogP contribution in [0.15, 0.2) is 34.8 Å². The monoisotopic (exact) mass is 343 g/mol. The highest BCUT2D eigenvalue weighted by molar-refractivity contribution is 9.10. The third kappa shape index (κ3) is 2.88. The lowest BCUT2D eigenvalue weighted by Crippen LogP contribution is -2.20. The Morgan fingerprint density at radius 3 is 2.20 bits per heavy atom. The van der Waals surface area contributed by atoms with E-state index < -0.39 is 23.5 Å². The highest BCUT2D eigenvalue weighted by Crippen LogP contribution is 2.29. The first-order chi connectivity index (χ1) is 9.43. The normalized spacial score (nSPS) is 12.5. The molecule has 20 heavy (non-hydrogen) atoms. The van der Waals surface area contributed by atoms with Gasteiger partial charge in [0.1, 0.15) is 17.5 Å². The van der Waals surface area contributed by atoms with Crippen LogP contribution in [-0.4, -0.2) is 7.05 Å². The van der Waals surface area contributed by atoms with Crippen LogP contribution in [0, 0.1) is 24.4 Å². The van der Waals surface area contributed by atoms with Gasteiger partial charge in [0.25, 0.3) is 0 Å². The largest absolute Gasteiger partial charge is 0.309 e. The quantitative estimate of drug-likeness (QED) is 0.866. The number of halogens is 4. The Morgan fingerprint density at radius 1 is 0.950 bits per heavy atom. The van der Waals surface area contributed by atoms with E-state index in [4.69, 9.17) is 0 Å². The molecule has 1 atom stereocenters. The first kappa shape index (κ1) is 15.1. The highest BCUT2D eigenvalue weighted by Gasteiger charge is 2.21. The van der Waals surface area contributed by atoms with E-state index in [1.807, 2.05) is 0 Å². The van der Waals surface area contributed by atoms with Gasteiger partial charge in [0.2, 0.25) is 0 Å².